The summed E-state index contributed by atoms with van der Waals surface area (Å²) >= 11 is 0. The molecule has 1 aromatic carbocycles. The summed E-state index contributed by atoms with van der Waals surface area (Å²) in [5.74, 6) is 1.74. The number of pyridine rings is 1. The van der Waals surface area contributed by atoms with E-state index in [-0.39, 0.29) is 10.6 Å². The molecule has 0 unspecified atom stereocenters. The number of nitro benzene ring substituents is 1. The van der Waals surface area contributed by atoms with E-state index in [2.05, 4.69) is 14.8 Å². The van der Waals surface area contributed by atoms with Gasteiger partial charge in [-0.25, -0.2) is 4.98 Å². The van der Waals surface area contributed by atoms with Crippen molar-refractivity contribution in [3.8, 4) is 5.75 Å². The van der Waals surface area contributed by atoms with Crippen molar-refractivity contribution < 1.29 is 9.66 Å². The van der Waals surface area contributed by atoms with Gasteiger partial charge < -0.3 is 14.5 Å². The van der Waals surface area contributed by atoms with Crippen molar-refractivity contribution >= 4 is 17.2 Å². The molecule has 0 N–H and O–H groups in total. The molecule has 1 fully saturated rings. The molecule has 3 rings (SSSR count). The predicted octanol–water partition coefficient (Wildman–Crippen LogP) is 2.63. The molecule has 0 aliphatic carbocycles. The number of aryl methyl sites for hydroxylation is 1. The highest BCUT2D eigenvalue weighted by molar-refractivity contribution is 5.53. The fourth-order valence-electron chi connectivity index (χ4n) is 2.88. The van der Waals surface area contributed by atoms with Gasteiger partial charge >= 0.3 is 0 Å². The number of ether oxygens (including phenoxy) is 1. The average molecular weight is 328 g/mol. The number of piperazine rings is 1. The minimum Gasteiger partial charge on any atom is -0.497 e. The number of rotatable bonds is 4. The zero-order chi connectivity index (χ0) is 17.1. The molecule has 0 spiro atoms. The van der Waals surface area contributed by atoms with Gasteiger partial charge in [-0.1, -0.05) is 0 Å². The number of methoxy groups -OCH3 is 1. The molecule has 7 nitrogen and oxygen atoms in total. The van der Waals surface area contributed by atoms with Gasteiger partial charge in [-0.05, 0) is 19.1 Å². The summed E-state index contributed by atoms with van der Waals surface area (Å²) in [6.45, 7) is 5.33. The molecule has 2 aromatic rings. The third-order valence-corrected chi connectivity index (χ3v) is 4.18. The van der Waals surface area contributed by atoms with E-state index in [1.807, 2.05) is 31.2 Å². The molecule has 0 atom stereocenters. The number of aromatic nitrogens is 1. The van der Waals surface area contributed by atoms with Gasteiger partial charge in [0.05, 0.1) is 12.0 Å². The van der Waals surface area contributed by atoms with Crippen LogP contribution in [0, 0.1) is 17.0 Å². The molecular formula is C17H20N4O3. The highest BCUT2D eigenvalue weighted by Gasteiger charge is 2.19. The molecule has 1 aromatic heterocycles. The van der Waals surface area contributed by atoms with Crippen molar-refractivity contribution in [2.75, 3.05) is 43.1 Å². The van der Waals surface area contributed by atoms with Crippen LogP contribution in [0.15, 0.2) is 36.4 Å². The van der Waals surface area contributed by atoms with Crippen LogP contribution in [0.2, 0.25) is 0 Å². The van der Waals surface area contributed by atoms with E-state index in [0.717, 1.165) is 49.1 Å². The van der Waals surface area contributed by atoms with Gasteiger partial charge in [-0.15, -0.1) is 0 Å². The van der Waals surface area contributed by atoms with E-state index in [4.69, 9.17) is 4.74 Å². The second kappa shape index (κ2) is 6.74. The predicted molar refractivity (Wildman–Crippen MR) is 93.0 cm³/mol. The first kappa shape index (κ1) is 16.0. The monoisotopic (exact) mass is 328 g/mol. The van der Waals surface area contributed by atoms with Crippen LogP contribution < -0.4 is 14.5 Å². The molecule has 0 radical (unpaired) electrons. The quantitative estimate of drug-likeness (QED) is 0.635. The minimum atomic E-state index is -0.376. The Hall–Kier alpha value is -2.83. The summed E-state index contributed by atoms with van der Waals surface area (Å²) in [7, 11) is 1.66. The lowest BCUT2D eigenvalue weighted by Gasteiger charge is -2.36. The summed E-state index contributed by atoms with van der Waals surface area (Å²) in [6.07, 6.45) is 0. The van der Waals surface area contributed by atoms with E-state index < -0.39 is 0 Å². The lowest BCUT2D eigenvalue weighted by Crippen LogP contribution is -2.46. The van der Waals surface area contributed by atoms with Gasteiger partial charge in [0.15, 0.2) is 0 Å². The SMILES string of the molecule is COc1cc(C)nc(N2CCN(c3ccc([N+](=O)[O-])cc3)CC2)c1. The van der Waals surface area contributed by atoms with E-state index in [1.165, 1.54) is 0 Å². The highest BCUT2D eigenvalue weighted by atomic mass is 16.6. The molecule has 24 heavy (non-hydrogen) atoms. The summed E-state index contributed by atoms with van der Waals surface area (Å²) in [6, 6.07) is 10.6. The first-order chi connectivity index (χ1) is 11.6. The zero-order valence-corrected chi connectivity index (χ0v) is 13.8. The number of nitro groups is 1. The van der Waals surface area contributed by atoms with Crippen molar-refractivity contribution in [1.82, 2.24) is 4.98 Å². The first-order valence-electron chi connectivity index (χ1n) is 7.84. The van der Waals surface area contributed by atoms with Crippen LogP contribution in [0.5, 0.6) is 5.75 Å². The fraction of sp³-hybridized carbons (Fsp3) is 0.353. The van der Waals surface area contributed by atoms with Gasteiger partial charge in [0, 0.05) is 61.8 Å². The number of hydrogen-bond donors (Lipinski definition) is 0. The molecule has 0 bridgehead atoms. The maximum atomic E-state index is 10.7. The van der Waals surface area contributed by atoms with E-state index >= 15 is 0 Å². The van der Waals surface area contributed by atoms with Crippen molar-refractivity contribution in [3.05, 3.63) is 52.2 Å². The van der Waals surface area contributed by atoms with Crippen LogP contribution in [-0.2, 0) is 0 Å². The molecular weight excluding hydrogens is 308 g/mol. The molecule has 1 aliphatic heterocycles. The number of benzene rings is 1. The van der Waals surface area contributed by atoms with Crippen LogP contribution in [0.25, 0.3) is 0 Å². The number of hydrogen-bond acceptors (Lipinski definition) is 6. The van der Waals surface area contributed by atoms with Crippen LogP contribution in [0.1, 0.15) is 5.69 Å². The second-order valence-corrected chi connectivity index (χ2v) is 5.75. The van der Waals surface area contributed by atoms with Gasteiger partial charge in [0.2, 0.25) is 0 Å². The largest absolute Gasteiger partial charge is 0.497 e. The maximum absolute atomic E-state index is 10.7. The lowest BCUT2D eigenvalue weighted by molar-refractivity contribution is -0.384. The Morgan fingerprint density at radius 2 is 1.71 bits per heavy atom. The van der Waals surface area contributed by atoms with Crippen LogP contribution in [0.4, 0.5) is 17.2 Å². The Kier molecular flexibility index (Phi) is 4.50. The smallest absolute Gasteiger partial charge is 0.269 e. The van der Waals surface area contributed by atoms with Crippen LogP contribution in [0.3, 0.4) is 0 Å². The standard InChI is InChI=1S/C17H20N4O3/c1-13-11-16(24-2)12-17(18-13)20-9-7-19(8-10-20)14-3-5-15(6-4-14)21(22)23/h3-6,11-12H,7-10H2,1-2H3. The number of nitrogens with zero attached hydrogens (tertiary/aromatic N) is 4. The molecule has 7 heteroatoms. The molecule has 0 saturated carbocycles. The van der Waals surface area contributed by atoms with Crippen molar-refractivity contribution in [1.29, 1.82) is 0 Å². The Labute approximate surface area is 140 Å². The van der Waals surface area contributed by atoms with E-state index in [0.29, 0.717) is 0 Å². The zero-order valence-electron chi connectivity index (χ0n) is 13.8. The van der Waals surface area contributed by atoms with Crippen LogP contribution in [-0.4, -0.2) is 43.2 Å². The number of anilines is 2. The van der Waals surface area contributed by atoms with Crippen molar-refractivity contribution in [2.45, 2.75) is 6.92 Å². The topological polar surface area (TPSA) is 71.7 Å². The van der Waals surface area contributed by atoms with Gasteiger partial charge in [-0.2, -0.15) is 0 Å². The van der Waals surface area contributed by atoms with Gasteiger partial charge in [0.1, 0.15) is 11.6 Å². The molecule has 126 valence electrons. The number of non-ortho nitro benzene ring substituents is 1. The van der Waals surface area contributed by atoms with Gasteiger partial charge in [0.25, 0.3) is 5.69 Å². The Morgan fingerprint density at radius 3 is 2.29 bits per heavy atom. The fourth-order valence-corrected chi connectivity index (χ4v) is 2.88. The molecule has 2 heterocycles. The van der Waals surface area contributed by atoms with Crippen molar-refractivity contribution in [2.24, 2.45) is 0 Å². The molecule has 1 saturated heterocycles. The minimum absolute atomic E-state index is 0.119. The highest BCUT2D eigenvalue weighted by Crippen LogP contribution is 2.24. The Morgan fingerprint density at radius 1 is 1.08 bits per heavy atom. The van der Waals surface area contributed by atoms with Gasteiger partial charge in [-0.3, -0.25) is 10.1 Å². The maximum Gasteiger partial charge on any atom is 0.269 e. The summed E-state index contributed by atoms with van der Waals surface area (Å²) in [4.78, 5) is 19.4. The normalized spacial score (nSPS) is 14.6. The summed E-state index contributed by atoms with van der Waals surface area (Å²) in [5.41, 5.74) is 2.06. The Balaban J connectivity index is 1.67. The third-order valence-electron chi connectivity index (χ3n) is 4.18. The van der Waals surface area contributed by atoms with Crippen LogP contribution >= 0.6 is 0 Å². The first-order valence-corrected chi connectivity index (χ1v) is 7.84. The average Bonchev–Trinajstić information content (AvgIpc) is 2.61. The second-order valence-electron chi connectivity index (χ2n) is 5.75. The molecule has 0 amide bonds. The summed E-state index contributed by atoms with van der Waals surface area (Å²) < 4.78 is 5.32. The molecule has 1 aliphatic rings. The van der Waals surface area contributed by atoms with E-state index in [1.54, 1.807) is 19.2 Å². The lowest BCUT2D eigenvalue weighted by atomic mass is 10.2. The van der Waals surface area contributed by atoms with Crippen molar-refractivity contribution in [3.63, 3.8) is 0 Å². The van der Waals surface area contributed by atoms with E-state index in [9.17, 15) is 10.1 Å². The summed E-state index contributed by atoms with van der Waals surface area (Å²) in [5, 5.41) is 10.7. The Bertz CT molecular complexity index is 725. The third kappa shape index (κ3) is 3.40.